The first-order valence-electron chi connectivity index (χ1n) is 7.29. The molecule has 1 heterocycles. The quantitative estimate of drug-likeness (QED) is 0.624. The van der Waals surface area contributed by atoms with Gasteiger partial charge in [-0.15, -0.1) is 11.6 Å². The number of alkyl halides is 1. The van der Waals surface area contributed by atoms with E-state index >= 15 is 0 Å². The van der Waals surface area contributed by atoms with Gasteiger partial charge in [-0.05, 0) is 50.3 Å². The summed E-state index contributed by atoms with van der Waals surface area (Å²) in [6, 6.07) is 6.01. The highest BCUT2D eigenvalue weighted by Crippen LogP contribution is 2.29. The van der Waals surface area contributed by atoms with Crippen molar-refractivity contribution < 1.29 is 9.53 Å². The Morgan fingerprint density at radius 2 is 2.05 bits per heavy atom. The topological polar surface area (TPSA) is 29.5 Å². The molecule has 0 saturated carbocycles. The molecule has 0 aliphatic carbocycles. The number of hydrogen-bond acceptors (Lipinski definition) is 3. The third-order valence-electron chi connectivity index (χ3n) is 3.70. The molecular weight excluding hydrogens is 274 g/mol. The van der Waals surface area contributed by atoms with Gasteiger partial charge in [0.25, 0.3) is 0 Å². The Hall–Kier alpha value is -1.22. The van der Waals surface area contributed by atoms with E-state index in [9.17, 15) is 4.79 Å². The van der Waals surface area contributed by atoms with Crippen molar-refractivity contribution in [2.45, 2.75) is 38.5 Å². The molecule has 20 heavy (non-hydrogen) atoms. The average Bonchev–Trinajstić information content (AvgIpc) is 2.47. The van der Waals surface area contributed by atoms with Crippen molar-refractivity contribution in [3.63, 3.8) is 0 Å². The number of hydrogen-bond donors (Lipinski definition) is 0. The minimum Gasteiger partial charge on any atom is -0.465 e. The predicted molar refractivity (Wildman–Crippen MR) is 82.5 cm³/mol. The van der Waals surface area contributed by atoms with Crippen LogP contribution in [0.5, 0.6) is 0 Å². The lowest BCUT2D eigenvalue weighted by Crippen LogP contribution is -2.30. The Morgan fingerprint density at radius 1 is 1.35 bits per heavy atom. The highest BCUT2D eigenvalue weighted by Gasteiger charge is 2.20. The monoisotopic (exact) mass is 295 g/mol. The SMILES string of the molecule is CCOC(=O)C(Cl)c1ccc(N2CCCCC2)c(C)c1. The van der Waals surface area contributed by atoms with Crippen LogP contribution in [0.1, 0.15) is 42.7 Å². The Morgan fingerprint density at radius 3 is 2.65 bits per heavy atom. The molecule has 4 heteroatoms. The van der Waals surface area contributed by atoms with E-state index in [0.29, 0.717) is 6.61 Å². The van der Waals surface area contributed by atoms with Gasteiger partial charge in [0.1, 0.15) is 0 Å². The molecule has 3 nitrogen and oxygen atoms in total. The predicted octanol–water partition coefficient (Wildman–Crippen LogP) is 3.83. The van der Waals surface area contributed by atoms with Crippen LogP contribution in [-0.4, -0.2) is 25.7 Å². The molecule has 1 aliphatic heterocycles. The van der Waals surface area contributed by atoms with Crippen molar-refractivity contribution in [3.8, 4) is 0 Å². The summed E-state index contributed by atoms with van der Waals surface area (Å²) in [6.07, 6.45) is 3.82. The van der Waals surface area contributed by atoms with E-state index in [1.807, 2.05) is 12.1 Å². The minimum absolute atomic E-state index is 0.354. The van der Waals surface area contributed by atoms with Crippen LogP contribution >= 0.6 is 11.6 Å². The summed E-state index contributed by atoms with van der Waals surface area (Å²) in [4.78, 5) is 14.1. The van der Waals surface area contributed by atoms with E-state index < -0.39 is 5.38 Å². The molecule has 0 N–H and O–H groups in total. The molecule has 1 fully saturated rings. The average molecular weight is 296 g/mol. The lowest BCUT2D eigenvalue weighted by Gasteiger charge is -2.30. The van der Waals surface area contributed by atoms with E-state index in [1.54, 1.807) is 6.92 Å². The number of piperidine rings is 1. The number of aryl methyl sites for hydroxylation is 1. The molecule has 2 rings (SSSR count). The van der Waals surface area contributed by atoms with Gasteiger partial charge in [0, 0.05) is 18.8 Å². The molecule has 1 saturated heterocycles. The second-order valence-electron chi connectivity index (χ2n) is 5.21. The summed E-state index contributed by atoms with van der Waals surface area (Å²) in [5.41, 5.74) is 3.23. The van der Waals surface area contributed by atoms with E-state index in [-0.39, 0.29) is 5.97 Å². The van der Waals surface area contributed by atoms with Crippen LogP contribution in [0.4, 0.5) is 5.69 Å². The molecule has 1 aromatic rings. The molecular formula is C16H22ClNO2. The van der Waals surface area contributed by atoms with Gasteiger partial charge in [0.2, 0.25) is 0 Å². The summed E-state index contributed by atoms with van der Waals surface area (Å²) in [5.74, 6) is -0.376. The molecule has 0 aromatic heterocycles. The first-order valence-corrected chi connectivity index (χ1v) is 7.73. The molecule has 0 amide bonds. The number of esters is 1. The molecule has 1 unspecified atom stereocenters. The Bertz CT molecular complexity index is 470. The molecule has 0 spiro atoms. The third kappa shape index (κ3) is 3.45. The maximum absolute atomic E-state index is 11.7. The standard InChI is InChI=1S/C16H22ClNO2/c1-3-20-16(19)15(17)13-7-8-14(12(2)11-13)18-9-5-4-6-10-18/h7-8,11,15H,3-6,9-10H2,1-2H3. The molecule has 110 valence electrons. The largest absolute Gasteiger partial charge is 0.465 e. The number of benzene rings is 1. The fourth-order valence-corrected chi connectivity index (χ4v) is 2.88. The van der Waals surface area contributed by atoms with Gasteiger partial charge in [-0.1, -0.05) is 12.1 Å². The van der Waals surface area contributed by atoms with Crippen molar-refractivity contribution in [1.82, 2.24) is 0 Å². The van der Waals surface area contributed by atoms with Crippen molar-refractivity contribution >= 4 is 23.3 Å². The lowest BCUT2D eigenvalue weighted by atomic mass is 10.0. The summed E-state index contributed by atoms with van der Waals surface area (Å²) >= 11 is 6.16. The number of ether oxygens (including phenoxy) is 1. The maximum atomic E-state index is 11.7. The number of halogens is 1. The van der Waals surface area contributed by atoms with Crippen LogP contribution in [0.25, 0.3) is 0 Å². The summed E-state index contributed by atoms with van der Waals surface area (Å²) in [7, 11) is 0. The van der Waals surface area contributed by atoms with Crippen molar-refractivity contribution in [3.05, 3.63) is 29.3 Å². The first kappa shape index (κ1) is 15.2. The van der Waals surface area contributed by atoms with Crippen LogP contribution < -0.4 is 4.90 Å². The minimum atomic E-state index is -0.718. The Kier molecular flexibility index (Phi) is 5.30. The van der Waals surface area contributed by atoms with E-state index in [0.717, 1.165) is 18.7 Å². The zero-order chi connectivity index (χ0) is 14.5. The van der Waals surface area contributed by atoms with Gasteiger partial charge in [-0.3, -0.25) is 4.79 Å². The van der Waals surface area contributed by atoms with Crippen LogP contribution in [0.15, 0.2) is 18.2 Å². The highest BCUT2D eigenvalue weighted by atomic mass is 35.5. The smallest absolute Gasteiger partial charge is 0.328 e. The van der Waals surface area contributed by atoms with Crippen molar-refractivity contribution in [1.29, 1.82) is 0 Å². The van der Waals surface area contributed by atoms with Gasteiger partial charge < -0.3 is 9.64 Å². The molecule has 1 aromatic carbocycles. The number of carbonyl (C=O) groups is 1. The zero-order valence-corrected chi connectivity index (χ0v) is 12.9. The van der Waals surface area contributed by atoms with Gasteiger partial charge in [0.05, 0.1) is 6.61 Å². The summed E-state index contributed by atoms with van der Waals surface area (Å²) < 4.78 is 4.96. The van der Waals surface area contributed by atoms with Gasteiger partial charge in [-0.25, -0.2) is 0 Å². The number of carbonyl (C=O) groups excluding carboxylic acids is 1. The van der Waals surface area contributed by atoms with Crippen molar-refractivity contribution in [2.24, 2.45) is 0 Å². The Labute approximate surface area is 125 Å². The highest BCUT2D eigenvalue weighted by molar-refractivity contribution is 6.29. The normalized spacial score (nSPS) is 16.9. The number of anilines is 1. The van der Waals surface area contributed by atoms with Gasteiger partial charge in [0.15, 0.2) is 5.38 Å². The Balaban J connectivity index is 2.14. The van der Waals surface area contributed by atoms with E-state index in [4.69, 9.17) is 16.3 Å². The number of nitrogens with zero attached hydrogens (tertiary/aromatic N) is 1. The lowest BCUT2D eigenvalue weighted by molar-refractivity contribution is -0.142. The molecule has 1 atom stereocenters. The van der Waals surface area contributed by atoms with Crippen LogP contribution in [0.2, 0.25) is 0 Å². The summed E-state index contributed by atoms with van der Waals surface area (Å²) in [6.45, 7) is 6.44. The van der Waals surface area contributed by atoms with Gasteiger partial charge in [-0.2, -0.15) is 0 Å². The van der Waals surface area contributed by atoms with E-state index in [2.05, 4.69) is 17.9 Å². The second kappa shape index (κ2) is 6.98. The number of rotatable bonds is 4. The fraction of sp³-hybridized carbons (Fsp3) is 0.562. The zero-order valence-electron chi connectivity index (χ0n) is 12.2. The molecule has 0 radical (unpaired) electrons. The van der Waals surface area contributed by atoms with Crippen molar-refractivity contribution in [2.75, 3.05) is 24.6 Å². The fourth-order valence-electron chi connectivity index (χ4n) is 2.68. The van der Waals surface area contributed by atoms with Gasteiger partial charge >= 0.3 is 5.97 Å². The first-order chi connectivity index (χ1) is 9.63. The third-order valence-corrected chi connectivity index (χ3v) is 4.13. The van der Waals surface area contributed by atoms with E-state index in [1.165, 1.54) is 30.5 Å². The molecule has 0 bridgehead atoms. The molecule has 1 aliphatic rings. The second-order valence-corrected chi connectivity index (χ2v) is 5.64. The maximum Gasteiger partial charge on any atom is 0.328 e. The van der Waals surface area contributed by atoms with Crippen LogP contribution in [0, 0.1) is 6.92 Å². The van der Waals surface area contributed by atoms with Crippen LogP contribution in [-0.2, 0) is 9.53 Å². The summed E-state index contributed by atoms with van der Waals surface area (Å²) in [5, 5.41) is -0.718. The van der Waals surface area contributed by atoms with Crippen LogP contribution in [0.3, 0.4) is 0 Å².